The molecule has 0 N–H and O–H groups in total. The molecule has 0 aliphatic carbocycles. The van der Waals surface area contributed by atoms with E-state index in [1.54, 1.807) is 0 Å². The molecular formula is C17H23NiP. The van der Waals surface area contributed by atoms with Crippen LogP contribution in [0.15, 0.2) is 60.7 Å². The predicted molar refractivity (Wildman–Crippen MR) is 85.7 cm³/mol. The molecule has 2 rings (SSSR count). The second-order valence-electron chi connectivity index (χ2n) is 4.21. The maximum absolute atomic E-state index is 2.21. The fraction of sp³-hybridized carbons (Fsp3) is 0.294. The van der Waals surface area contributed by atoms with Gasteiger partial charge in [-0.1, -0.05) is 102 Å². The average molecular weight is 317 g/mol. The van der Waals surface area contributed by atoms with Gasteiger partial charge >= 0.3 is 0 Å². The Morgan fingerprint density at radius 1 is 0.684 bits per heavy atom. The molecule has 2 aromatic rings. The van der Waals surface area contributed by atoms with Crippen LogP contribution in [-0.2, 0) is 16.5 Å². The Balaban J connectivity index is 0.000000471. The number of unbranched alkanes of at least 4 members (excludes halogenated alkanes) is 2. The summed E-state index contributed by atoms with van der Waals surface area (Å²) in [5.74, 6) is 0. The molecule has 0 radical (unpaired) electrons. The van der Waals surface area contributed by atoms with Gasteiger partial charge in [0.2, 0.25) is 0 Å². The second kappa shape index (κ2) is 12.4. The van der Waals surface area contributed by atoms with E-state index in [0.717, 1.165) is 8.58 Å². The molecule has 0 aliphatic rings. The van der Waals surface area contributed by atoms with Crippen molar-refractivity contribution in [1.82, 2.24) is 0 Å². The molecule has 2 aromatic carbocycles. The van der Waals surface area contributed by atoms with Gasteiger partial charge in [0.05, 0.1) is 0 Å². The third kappa shape index (κ3) is 8.98. The summed E-state index contributed by atoms with van der Waals surface area (Å²) in [6.45, 7) is 4.42. The molecule has 19 heavy (non-hydrogen) atoms. The van der Waals surface area contributed by atoms with Crippen molar-refractivity contribution < 1.29 is 16.5 Å². The number of hydrogen-bond acceptors (Lipinski definition) is 0. The monoisotopic (exact) mass is 316 g/mol. The standard InChI is InChI=1S/C12H11P.C5H12.Ni/c1-3-7-11(8-4-1)13-12-9-5-2-6-10-12;1-3-5-4-2;/h1-10,13H;3-5H2,1-2H3;. The van der Waals surface area contributed by atoms with Gasteiger partial charge < -0.3 is 0 Å². The zero-order valence-corrected chi connectivity index (χ0v) is 13.7. The Kier molecular flexibility index (Phi) is 12.0. The van der Waals surface area contributed by atoms with Crippen molar-refractivity contribution in [3.05, 3.63) is 60.7 Å². The van der Waals surface area contributed by atoms with E-state index in [1.165, 1.54) is 29.9 Å². The first-order chi connectivity index (χ1) is 8.86. The zero-order chi connectivity index (χ0) is 13.1. The second-order valence-corrected chi connectivity index (χ2v) is 5.62. The van der Waals surface area contributed by atoms with Crippen molar-refractivity contribution >= 4 is 19.2 Å². The molecule has 0 saturated heterocycles. The van der Waals surface area contributed by atoms with Crippen LogP contribution < -0.4 is 10.6 Å². The van der Waals surface area contributed by atoms with Crippen LogP contribution in [0, 0.1) is 0 Å². The van der Waals surface area contributed by atoms with Crippen LogP contribution in [0.1, 0.15) is 33.1 Å². The van der Waals surface area contributed by atoms with E-state index in [9.17, 15) is 0 Å². The topological polar surface area (TPSA) is 0 Å². The summed E-state index contributed by atoms with van der Waals surface area (Å²) < 4.78 is 0. The van der Waals surface area contributed by atoms with E-state index in [0.29, 0.717) is 0 Å². The minimum absolute atomic E-state index is 0. The van der Waals surface area contributed by atoms with Crippen LogP contribution in [0.3, 0.4) is 0 Å². The largest absolute Gasteiger partial charge is 0.0654 e. The fourth-order valence-electron chi connectivity index (χ4n) is 1.56. The van der Waals surface area contributed by atoms with E-state index < -0.39 is 0 Å². The van der Waals surface area contributed by atoms with E-state index >= 15 is 0 Å². The summed E-state index contributed by atoms with van der Waals surface area (Å²) >= 11 is 0. The molecular weight excluding hydrogens is 294 g/mol. The normalized spacial score (nSPS) is 8.95. The summed E-state index contributed by atoms with van der Waals surface area (Å²) in [6, 6.07) is 21.2. The predicted octanol–water partition coefficient (Wildman–Crippen LogP) is 4.51. The van der Waals surface area contributed by atoms with Gasteiger partial charge in [0, 0.05) is 16.5 Å². The minimum Gasteiger partial charge on any atom is -0.0654 e. The first kappa shape index (κ1) is 18.4. The van der Waals surface area contributed by atoms with Gasteiger partial charge in [-0.15, -0.1) is 0 Å². The third-order valence-electron chi connectivity index (χ3n) is 2.54. The third-order valence-corrected chi connectivity index (χ3v) is 3.79. The molecule has 0 amide bonds. The van der Waals surface area contributed by atoms with Gasteiger partial charge in [-0.3, -0.25) is 0 Å². The van der Waals surface area contributed by atoms with E-state index in [4.69, 9.17) is 0 Å². The first-order valence-electron chi connectivity index (χ1n) is 6.74. The van der Waals surface area contributed by atoms with Crippen molar-refractivity contribution in [3.63, 3.8) is 0 Å². The van der Waals surface area contributed by atoms with Gasteiger partial charge in [0.1, 0.15) is 0 Å². The average Bonchev–Trinajstić information content (AvgIpc) is 2.43. The van der Waals surface area contributed by atoms with Crippen LogP contribution in [0.2, 0.25) is 0 Å². The van der Waals surface area contributed by atoms with Crippen LogP contribution in [0.5, 0.6) is 0 Å². The van der Waals surface area contributed by atoms with Crippen molar-refractivity contribution in [2.45, 2.75) is 33.1 Å². The molecule has 0 heterocycles. The molecule has 2 heteroatoms. The molecule has 0 saturated carbocycles. The maximum Gasteiger partial charge on any atom is 0 e. The van der Waals surface area contributed by atoms with E-state index in [-0.39, 0.29) is 16.5 Å². The Morgan fingerprint density at radius 2 is 1.05 bits per heavy atom. The number of benzene rings is 2. The van der Waals surface area contributed by atoms with Crippen molar-refractivity contribution in [2.75, 3.05) is 0 Å². The van der Waals surface area contributed by atoms with Crippen molar-refractivity contribution in [2.24, 2.45) is 0 Å². The molecule has 0 unspecified atom stereocenters. The van der Waals surface area contributed by atoms with Crippen molar-refractivity contribution in [3.8, 4) is 0 Å². The molecule has 0 spiro atoms. The summed E-state index contributed by atoms with van der Waals surface area (Å²) in [5.41, 5.74) is 0. The van der Waals surface area contributed by atoms with Crippen LogP contribution in [-0.4, -0.2) is 0 Å². The fourth-order valence-corrected chi connectivity index (χ4v) is 2.61. The summed E-state index contributed by atoms with van der Waals surface area (Å²) in [5, 5.41) is 2.79. The molecule has 0 nitrogen and oxygen atoms in total. The summed E-state index contributed by atoms with van der Waals surface area (Å²) in [4.78, 5) is 0. The Morgan fingerprint density at radius 3 is 1.32 bits per heavy atom. The molecule has 0 bridgehead atoms. The van der Waals surface area contributed by atoms with Gasteiger partial charge in [-0.2, -0.15) is 0 Å². The minimum atomic E-state index is 0. The molecule has 0 aromatic heterocycles. The number of hydrogen-bond donors (Lipinski definition) is 0. The maximum atomic E-state index is 2.21. The van der Waals surface area contributed by atoms with Gasteiger partial charge in [-0.05, 0) is 10.6 Å². The Labute approximate surface area is 129 Å². The Hall–Kier alpha value is -0.636. The summed E-state index contributed by atoms with van der Waals surface area (Å²) in [6.07, 6.45) is 4.08. The Bertz CT molecular complexity index is 361. The molecule has 0 fully saturated rings. The van der Waals surface area contributed by atoms with Gasteiger partial charge in [0.25, 0.3) is 0 Å². The van der Waals surface area contributed by atoms with Crippen LogP contribution in [0.4, 0.5) is 0 Å². The quantitative estimate of drug-likeness (QED) is 0.575. The first-order valence-corrected chi connectivity index (χ1v) is 7.74. The van der Waals surface area contributed by atoms with Crippen LogP contribution >= 0.6 is 8.58 Å². The van der Waals surface area contributed by atoms with E-state index in [2.05, 4.69) is 74.5 Å². The van der Waals surface area contributed by atoms with E-state index in [1.807, 2.05) is 0 Å². The van der Waals surface area contributed by atoms with Crippen molar-refractivity contribution in [1.29, 1.82) is 0 Å². The van der Waals surface area contributed by atoms with Gasteiger partial charge in [0.15, 0.2) is 0 Å². The SMILES string of the molecule is CCCCC.[Ni].c1ccc(Pc2ccccc2)cc1. The zero-order valence-electron chi connectivity index (χ0n) is 11.7. The number of rotatable bonds is 4. The molecule has 0 aliphatic heterocycles. The van der Waals surface area contributed by atoms with Gasteiger partial charge in [-0.25, -0.2) is 0 Å². The van der Waals surface area contributed by atoms with Crippen LogP contribution in [0.25, 0.3) is 0 Å². The summed E-state index contributed by atoms with van der Waals surface area (Å²) in [7, 11) is 0.777. The molecule has 106 valence electrons. The smallest absolute Gasteiger partial charge is 0 e. The molecule has 0 atom stereocenters.